The van der Waals surface area contributed by atoms with Gasteiger partial charge in [-0.25, -0.2) is 4.79 Å². The number of nitrogens with zero attached hydrogens (tertiary/aromatic N) is 2. The Balaban J connectivity index is 1.73. The number of piperidine rings is 1. The zero-order valence-electron chi connectivity index (χ0n) is 11.5. The van der Waals surface area contributed by atoms with Gasteiger partial charge in [0.25, 0.3) is 0 Å². The number of amides is 2. The number of aliphatic hydroxyl groups excluding tert-OH is 1. The van der Waals surface area contributed by atoms with Crippen LogP contribution in [-0.4, -0.2) is 46.3 Å². The van der Waals surface area contributed by atoms with Crippen molar-refractivity contribution in [3.05, 3.63) is 24.5 Å². The molecular formula is C14H23N3O2. The van der Waals surface area contributed by atoms with Crippen molar-refractivity contribution in [2.75, 3.05) is 19.6 Å². The van der Waals surface area contributed by atoms with E-state index in [-0.39, 0.29) is 18.1 Å². The number of hydrogen-bond acceptors (Lipinski definition) is 2. The number of hydrogen-bond donors (Lipinski definition) is 2. The van der Waals surface area contributed by atoms with Crippen molar-refractivity contribution < 1.29 is 9.90 Å². The van der Waals surface area contributed by atoms with E-state index in [1.54, 1.807) is 6.92 Å². The summed E-state index contributed by atoms with van der Waals surface area (Å²) in [5.41, 5.74) is 0. The predicted octanol–water partition coefficient (Wildman–Crippen LogP) is 1.29. The number of carbonyl (C=O) groups is 1. The Kier molecular flexibility index (Phi) is 4.85. The van der Waals surface area contributed by atoms with Crippen molar-refractivity contribution in [1.29, 1.82) is 0 Å². The van der Waals surface area contributed by atoms with E-state index in [0.29, 0.717) is 13.1 Å². The lowest BCUT2D eigenvalue weighted by molar-refractivity contribution is 0.0739. The molecule has 106 valence electrons. The lowest BCUT2D eigenvalue weighted by Crippen LogP contribution is -2.47. The summed E-state index contributed by atoms with van der Waals surface area (Å²) in [6.07, 6.45) is 5.61. The highest BCUT2D eigenvalue weighted by Crippen LogP contribution is 2.19. The van der Waals surface area contributed by atoms with Gasteiger partial charge in [-0.05, 0) is 31.9 Å². The molecule has 2 heterocycles. The van der Waals surface area contributed by atoms with Gasteiger partial charge < -0.3 is 19.9 Å². The molecule has 2 atom stereocenters. The largest absolute Gasteiger partial charge is 0.393 e. The standard InChI is InChI=1S/C14H23N3O2/c1-12(18)13-5-4-9-17(11-13)14(19)15-6-10-16-7-2-3-8-16/h2-3,7-8,12-13,18H,4-6,9-11H2,1H3,(H,15,19). The van der Waals surface area contributed by atoms with Crippen LogP contribution in [0.3, 0.4) is 0 Å². The fourth-order valence-electron chi connectivity index (χ4n) is 2.51. The minimum absolute atomic E-state index is 0.0162. The maximum absolute atomic E-state index is 12.0. The molecule has 0 spiro atoms. The van der Waals surface area contributed by atoms with Gasteiger partial charge in [-0.2, -0.15) is 0 Å². The molecule has 1 saturated heterocycles. The molecule has 2 unspecified atom stereocenters. The van der Waals surface area contributed by atoms with Crippen LogP contribution in [0.15, 0.2) is 24.5 Å². The molecule has 0 aromatic carbocycles. The minimum Gasteiger partial charge on any atom is -0.393 e. The quantitative estimate of drug-likeness (QED) is 0.862. The molecule has 2 amide bonds. The van der Waals surface area contributed by atoms with Crippen molar-refractivity contribution in [1.82, 2.24) is 14.8 Å². The highest BCUT2D eigenvalue weighted by Gasteiger charge is 2.26. The molecule has 19 heavy (non-hydrogen) atoms. The highest BCUT2D eigenvalue weighted by atomic mass is 16.3. The molecule has 1 aromatic rings. The Bertz CT molecular complexity index is 389. The van der Waals surface area contributed by atoms with Crippen LogP contribution in [0, 0.1) is 5.92 Å². The molecule has 2 rings (SSSR count). The Morgan fingerprint density at radius 2 is 2.21 bits per heavy atom. The first-order chi connectivity index (χ1) is 9.16. The number of rotatable bonds is 4. The summed E-state index contributed by atoms with van der Waals surface area (Å²) in [5, 5.41) is 12.6. The number of carbonyl (C=O) groups excluding carboxylic acids is 1. The molecule has 5 nitrogen and oxygen atoms in total. The van der Waals surface area contributed by atoms with E-state index < -0.39 is 0 Å². The Hall–Kier alpha value is -1.49. The summed E-state index contributed by atoms with van der Waals surface area (Å²) < 4.78 is 2.04. The van der Waals surface area contributed by atoms with Crippen molar-refractivity contribution in [3.63, 3.8) is 0 Å². The fourth-order valence-corrected chi connectivity index (χ4v) is 2.51. The van der Waals surface area contributed by atoms with Crippen molar-refractivity contribution >= 4 is 6.03 Å². The number of aliphatic hydroxyl groups is 1. The Morgan fingerprint density at radius 1 is 1.47 bits per heavy atom. The van der Waals surface area contributed by atoms with Crippen LogP contribution in [0.2, 0.25) is 0 Å². The average molecular weight is 265 g/mol. The molecule has 5 heteroatoms. The van der Waals surface area contributed by atoms with Crippen LogP contribution < -0.4 is 5.32 Å². The summed E-state index contributed by atoms with van der Waals surface area (Å²) in [6.45, 7) is 4.67. The molecule has 1 aliphatic rings. The fraction of sp³-hybridized carbons (Fsp3) is 0.643. The van der Waals surface area contributed by atoms with Crippen LogP contribution in [-0.2, 0) is 6.54 Å². The molecular weight excluding hydrogens is 242 g/mol. The topological polar surface area (TPSA) is 57.5 Å². The molecule has 0 bridgehead atoms. The maximum Gasteiger partial charge on any atom is 0.317 e. The van der Waals surface area contributed by atoms with Crippen molar-refractivity contribution in [2.24, 2.45) is 5.92 Å². The summed E-state index contributed by atoms with van der Waals surface area (Å²) in [5.74, 6) is 0.212. The van der Waals surface area contributed by atoms with Crippen LogP contribution in [0.4, 0.5) is 4.79 Å². The van der Waals surface area contributed by atoms with Gasteiger partial charge in [0.15, 0.2) is 0 Å². The second-order valence-electron chi connectivity index (χ2n) is 5.24. The van der Waals surface area contributed by atoms with E-state index in [2.05, 4.69) is 5.32 Å². The molecule has 2 N–H and O–H groups in total. The summed E-state index contributed by atoms with van der Waals surface area (Å²) in [6, 6.07) is 3.93. The van der Waals surface area contributed by atoms with Gasteiger partial charge in [0.05, 0.1) is 6.10 Å². The monoisotopic (exact) mass is 265 g/mol. The lowest BCUT2D eigenvalue weighted by Gasteiger charge is -2.34. The minimum atomic E-state index is -0.338. The average Bonchev–Trinajstić information content (AvgIpc) is 2.92. The van der Waals surface area contributed by atoms with Crippen LogP contribution in [0.1, 0.15) is 19.8 Å². The van der Waals surface area contributed by atoms with Gasteiger partial charge in [0.2, 0.25) is 0 Å². The van der Waals surface area contributed by atoms with E-state index in [1.165, 1.54) is 0 Å². The van der Waals surface area contributed by atoms with Gasteiger partial charge in [0, 0.05) is 44.5 Å². The molecule has 1 fully saturated rings. The summed E-state index contributed by atoms with van der Waals surface area (Å²) in [7, 11) is 0. The first-order valence-corrected chi connectivity index (χ1v) is 6.98. The molecule has 0 aliphatic carbocycles. The summed E-state index contributed by atoms with van der Waals surface area (Å²) >= 11 is 0. The second-order valence-corrected chi connectivity index (χ2v) is 5.24. The predicted molar refractivity (Wildman–Crippen MR) is 73.8 cm³/mol. The third-order valence-electron chi connectivity index (χ3n) is 3.74. The number of likely N-dealkylation sites (tertiary alicyclic amines) is 1. The lowest BCUT2D eigenvalue weighted by atomic mass is 9.94. The molecule has 1 aliphatic heterocycles. The third-order valence-corrected chi connectivity index (χ3v) is 3.74. The van der Waals surface area contributed by atoms with Crippen molar-refractivity contribution in [2.45, 2.75) is 32.4 Å². The van der Waals surface area contributed by atoms with Crippen LogP contribution in [0.25, 0.3) is 0 Å². The van der Waals surface area contributed by atoms with Gasteiger partial charge in [0.1, 0.15) is 0 Å². The van der Waals surface area contributed by atoms with Crippen molar-refractivity contribution in [3.8, 4) is 0 Å². The van der Waals surface area contributed by atoms with Gasteiger partial charge in [-0.3, -0.25) is 0 Å². The van der Waals surface area contributed by atoms with E-state index in [0.717, 1.165) is 25.9 Å². The van der Waals surface area contributed by atoms with E-state index in [4.69, 9.17) is 0 Å². The van der Waals surface area contributed by atoms with E-state index in [1.807, 2.05) is 34.0 Å². The first kappa shape index (κ1) is 13.9. The first-order valence-electron chi connectivity index (χ1n) is 6.98. The molecule has 1 aromatic heterocycles. The van der Waals surface area contributed by atoms with Gasteiger partial charge >= 0.3 is 6.03 Å². The normalized spacial score (nSPS) is 21.2. The van der Waals surface area contributed by atoms with Crippen LogP contribution >= 0.6 is 0 Å². The highest BCUT2D eigenvalue weighted by molar-refractivity contribution is 5.74. The molecule has 0 radical (unpaired) electrons. The third kappa shape index (κ3) is 3.99. The number of nitrogens with one attached hydrogen (secondary N) is 1. The second kappa shape index (κ2) is 6.61. The smallest absolute Gasteiger partial charge is 0.317 e. The Labute approximate surface area is 114 Å². The number of urea groups is 1. The summed E-state index contributed by atoms with van der Waals surface area (Å²) in [4.78, 5) is 13.8. The zero-order chi connectivity index (χ0) is 13.7. The van der Waals surface area contributed by atoms with E-state index in [9.17, 15) is 9.90 Å². The SMILES string of the molecule is CC(O)C1CCCN(C(=O)NCCn2cccc2)C1. The maximum atomic E-state index is 12.0. The van der Waals surface area contributed by atoms with Gasteiger partial charge in [-0.1, -0.05) is 0 Å². The van der Waals surface area contributed by atoms with Gasteiger partial charge in [-0.15, -0.1) is 0 Å². The van der Waals surface area contributed by atoms with Crippen LogP contribution in [0.5, 0.6) is 0 Å². The number of aromatic nitrogens is 1. The molecule has 0 saturated carbocycles. The Morgan fingerprint density at radius 3 is 2.89 bits per heavy atom. The van der Waals surface area contributed by atoms with E-state index >= 15 is 0 Å². The zero-order valence-corrected chi connectivity index (χ0v) is 11.5.